The molecule has 3 heteroatoms. The molecule has 14 heavy (non-hydrogen) atoms. The van der Waals surface area contributed by atoms with Gasteiger partial charge in [-0.05, 0) is 32.4 Å². The van der Waals surface area contributed by atoms with Gasteiger partial charge in [0.15, 0.2) is 0 Å². The van der Waals surface area contributed by atoms with E-state index in [1.807, 2.05) is 19.9 Å². The van der Waals surface area contributed by atoms with Crippen LogP contribution in [0, 0.1) is 6.92 Å². The van der Waals surface area contributed by atoms with Crippen molar-refractivity contribution >= 4 is 6.08 Å². The largest absolute Gasteiger partial charge is 0.485 e. The first kappa shape index (κ1) is 9.06. The second kappa shape index (κ2) is 3.01. The molecule has 0 saturated carbocycles. The Morgan fingerprint density at radius 1 is 1.36 bits per heavy atom. The molecule has 0 aliphatic carbocycles. The average Bonchev–Trinajstić information content (AvgIpc) is 2.08. The fourth-order valence-corrected chi connectivity index (χ4v) is 1.45. The number of hydrogen-bond donors (Lipinski definition) is 0. The molecule has 0 fully saturated rings. The fraction of sp³-hybridized carbons (Fsp3) is 0.364. The molecule has 0 aromatic carbocycles. The first-order valence-corrected chi connectivity index (χ1v) is 4.57. The molecule has 0 radical (unpaired) electrons. The summed E-state index contributed by atoms with van der Waals surface area (Å²) >= 11 is 0. The normalized spacial score (nSPS) is 19.6. The van der Waals surface area contributed by atoms with Crippen LogP contribution in [0.25, 0.3) is 6.08 Å². The van der Waals surface area contributed by atoms with Crippen molar-refractivity contribution in [2.75, 3.05) is 0 Å². The number of ether oxygens (including phenoxy) is 1. The summed E-state index contributed by atoms with van der Waals surface area (Å²) in [4.78, 5) is 11.4. The van der Waals surface area contributed by atoms with Crippen LogP contribution < -0.4 is 10.4 Å². The van der Waals surface area contributed by atoms with Crippen LogP contribution >= 0.6 is 0 Å². The molecule has 0 amide bonds. The van der Waals surface area contributed by atoms with E-state index in [0.717, 1.165) is 5.57 Å². The van der Waals surface area contributed by atoms with E-state index in [1.54, 1.807) is 13.0 Å². The smallest absolute Gasteiger partial charge is 0.346 e. The highest BCUT2D eigenvalue weighted by atomic mass is 16.5. The SMILES string of the molecule is CC1=Cc2c(cc(C)oc2=O)OC1C. The van der Waals surface area contributed by atoms with Crippen molar-refractivity contribution in [2.45, 2.75) is 26.9 Å². The summed E-state index contributed by atoms with van der Waals surface area (Å²) in [5.74, 6) is 1.20. The molecule has 0 saturated heterocycles. The summed E-state index contributed by atoms with van der Waals surface area (Å²) in [6, 6.07) is 1.75. The highest BCUT2D eigenvalue weighted by molar-refractivity contribution is 5.61. The van der Waals surface area contributed by atoms with Gasteiger partial charge in [0.1, 0.15) is 23.2 Å². The number of fused-ring (bicyclic) bond motifs is 1. The average molecular weight is 192 g/mol. The van der Waals surface area contributed by atoms with Crippen LogP contribution in [-0.2, 0) is 0 Å². The molecular weight excluding hydrogens is 180 g/mol. The molecule has 1 aliphatic rings. The summed E-state index contributed by atoms with van der Waals surface area (Å²) < 4.78 is 10.6. The zero-order valence-corrected chi connectivity index (χ0v) is 8.46. The molecule has 1 aliphatic heterocycles. The minimum atomic E-state index is -0.328. The van der Waals surface area contributed by atoms with E-state index in [4.69, 9.17) is 9.15 Å². The third kappa shape index (κ3) is 1.35. The van der Waals surface area contributed by atoms with Crippen LogP contribution in [0.15, 0.2) is 20.9 Å². The van der Waals surface area contributed by atoms with Crippen molar-refractivity contribution in [3.8, 4) is 5.75 Å². The van der Waals surface area contributed by atoms with Crippen LogP contribution in [0.1, 0.15) is 25.2 Å². The number of aryl methyl sites for hydroxylation is 1. The molecule has 1 aromatic heterocycles. The van der Waals surface area contributed by atoms with E-state index >= 15 is 0 Å². The van der Waals surface area contributed by atoms with Crippen molar-refractivity contribution < 1.29 is 9.15 Å². The van der Waals surface area contributed by atoms with Gasteiger partial charge >= 0.3 is 5.63 Å². The lowest BCUT2D eigenvalue weighted by atomic mass is 10.1. The van der Waals surface area contributed by atoms with Gasteiger partial charge in [0, 0.05) is 6.07 Å². The lowest BCUT2D eigenvalue weighted by Gasteiger charge is -2.21. The summed E-state index contributed by atoms with van der Waals surface area (Å²) in [6.07, 6.45) is 1.86. The van der Waals surface area contributed by atoms with Gasteiger partial charge in [0.25, 0.3) is 0 Å². The number of hydrogen-bond acceptors (Lipinski definition) is 3. The first-order valence-electron chi connectivity index (χ1n) is 4.57. The standard InChI is InChI=1S/C11H12O3/c1-6-4-9-10(14-8(6)3)5-7(2)13-11(9)12/h4-5,8H,1-3H3. The minimum Gasteiger partial charge on any atom is -0.485 e. The summed E-state index contributed by atoms with van der Waals surface area (Å²) in [5.41, 5.74) is 1.23. The van der Waals surface area contributed by atoms with Crippen LogP contribution in [0.4, 0.5) is 0 Å². The lowest BCUT2D eigenvalue weighted by Crippen LogP contribution is -2.21. The molecule has 74 valence electrons. The highest BCUT2D eigenvalue weighted by Crippen LogP contribution is 2.27. The third-order valence-electron chi connectivity index (χ3n) is 2.39. The van der Waals surface area contributed by atoms with E-state index in [9.17, 15) is 4.79 Å². The van der Waals surface area contributed by atoms with Gasteiger partial charge in [-0.25, -0.2) is 4.79 Å². The van der Waals surface area contributed by atoms with Gasteiger partial charge in [0.05, 0.1) is 0 Å². The first-order chi connectivity index (χ1) is 6.58. The zero-order valence-electron chi connectivity index (χ0n) is 8.46. The van der Waals surface area contributed by atoms with Crippen LogP contribution in [0.3, 0.4) is 0 Å². The lowest BCUT2D eigenvalue weighted by molar-refractivity contribution is 0.249. The third-order valence-corrected chi connectivity index (χ3v) is 2.39. The van der Waals surface area contributed by atoms with Gasteiger partial charge in [-0.2, -0.15) is 0 Å². The van der Waals surface area contributed by atoms with Crippen LogP contribution in [0.2, 0.25) is 0 Å². The second-order valence-corrected chi connectivity index (χ2v) is 3.57. The quantitative estimate of drug-likeness (QED) is 0.632. The van der Waals surface area contributed by atoms with Crippen molar-refractivity contribution in [2.24, 2.45) is 0 Å². The summed E-state index contributed by atoms with van der Waals surface area (Å²) in [5, 5.41) is 0. The van der Waals surface area contributed by atoms with Crippen molar-refractivity contribution in [3.63, 3.8) is 0 Å². The fourth-order valence-electron chi connectivity index (χ4n) is 1.45. The van der Waals surface area contributed by atoms with Crippen LogP contribution in [-0.4, -0.2) is 6.10 Å². The van der Waals surface area contributed by atoms with E-state index in [-0.39, 0.29) is 11.7 Å². The van der Waals surface area contributed by atoms with Crippen LogP contribution in [0.5, 0.6) is 5.75 Å². The van der Waals surface area contributed by atoms with Gasteiger partial charge in [0.2, 0.25) is 0 Å². The Morgan fingerprint density at radius 2 is 2.07 bits per heavy atom. The number of rotatable bonds is 0. The van der Waals surface area contributed by atoms with E-state index in [2.05, 4.69) is 0 Å². The molecular formula is C11H12O3. The molecule has 3 nitrogen and oxygen atoms in total. The Balaban J connectivity index is 2.66. The zero-order chi connectivity index (χ0) is 10.3. The van der Waals surface area contributed by atoms with Crippen molar-refractivity contribution in [1.29, 1.82) is 0 Å². The Bertz CT molecular complexity index is 454. The Kier molecular flexibility index (Phi) is 1.95. The summed E-state index contributed by atoms with van der Waals surface area (Å²) in [7, 11) is 0. The predicted molar refractivity (Wildman–Crippen MR) is 53.5 cm³/mol. The highest BCUT2D eigenvalue weighted by Gasteiger charge is 2.19. The molecule has 1 unspecified atom stereocenters. The Morgan fingerprint density at radius 3 is 2.79 bits per heavy atom. The van der Waals surface area contributed by atoms with Gasteiger partial charge in [-0.3, -0.25) is 0 Å². The topological polar surface area (TPSA) is 39.4 Å². The maximum atomic E-state index is 11.4. The van der Waals surface area contributed by atoms with E-state index < -0.39 is 0 Å². The van der Waals surface area contributed by atoms with Crippen molar-refractivity contribution in [3.05, 3.63) is 33.4 Å². The molecule has 0 bridgehead atoms. The minimum absolute atomic E-state index is 0.0312. The predicted octanol–water partition coefficient (Wildman–Crippen LogP) is 2.13. The van der Waals surface area contributed by atoms with Gasteiger partial charge < -0.3 is 9.15 Å². The monoisotopic (exact) mass is 192 g/mol. The Labute approximate surface area is 82.0 Å². The molecule has 2 rings (SSSR count). The maximum absolute atomic E-state index is 11.4. The summed E-state index contributed by atoms with van der Waals surface area (Å²) in [6.45, 7) is 5.63. The maximum Gasteiger partial charge on any atom is 0.346 e. The molecule has 1 aromatic rings. The molecule has 0 spiro atoms. The van der Waals surface area contributed by atoms with E-state index in [0.29, 0.717) is 17.1 Å². The van der Waals surface area contributed by atoms with Gasteiger partial charge in [-0.15, -0.1) is 0 Å². The molecule has 1 atom stereocenters. The molecule has 0 N–H and O–H groups in total. The molecule has 2 heterocycles. The second-order valence-electron chi connectivity index (χ2n) is 3.57. The van der Waals surface area contributed by atoms with Crippen molar-refractivity contribution in [1.82, 2.24) is 0 Å². The Hall–Kier alpha value is -1.51. The van der Waals surface area contributed by atoms with Gasteiger partial charge in [-0.1, -0.05) is 0 Å². The van der Waals surface area contributed by atoms with E-state index in [1.165, 1.54) is 0 Å².